The van der Waals surface area contributed by atoms with Crippen molar-refractivity contribution >= 4 is 27.4 Å². The van der Waals surface area contributed by atoms with E-state index in [1.165, 1.54) is 6.20 Å². The van der Waals surface area contributed by atoms with E-state index in [1.54, 1.807) is 24.3 Å². The van der Waals surface area contributed by atoms with Crippen molar-refractivity contribution < 1.29 is 13.2 Å². The highest BCUT2D eigenvalue weighted by atomic mass is 32.2. The van der Waals surface area contributed by atoms with Crippen molar-refractivity contribution in [1.82, 2.24) is 15.6 Å². The van der Waals surface area contributed by atoms with Gasteiger partial charge in [0.1, 0.15) is 5.82 Å². The number of hydrogen-bond acceptors (Lipinski definition) is 6. The fourth-order valence-corrected chi connectivity index (χ4v) is 4.90. The third-order valence-corrected chi connectivity index (χ3v) is 7.24. The van der Waals surface area contributed by atoms with Crippen molar-refractivity contribution in [3.8, 4) is 0 Å². The fraction of sp³-hybridized carbons (Fsp3) is 0.280. The second-order valence-electron chi connectivity index (χ2n) is 8.35. The lowest BCUT2D eigenvalue weighted by molar-refractivity contribution is 0.0951. The van der Waals surface area contributed by atoms with Crippen LogP contribution >= 0.6 is 0 Å². The van der Waals surface area contributed by atoms with Crippen LogP contribution in [0.2, 0.25) is 0 Å². The lowest BCUT2D eigenvalue weighted by atomic mass is 10.1. The minimum absolute atomic E-state index is 0.164. The Morgan fingerprint density at radius 1 is 1.03 bits per heavy atom. The summed E-state index contributed by atoms with van der Waals surface area (Å²) in [5.41, 5.74) is 3.44. The Labute approximate surface area is 200 Å². The lowest BCUT2D eigenvalue weighted by Crippen LogP contribution is -2.44. The van der Waals surface area contributed by atoms with Crippen molar-refractivity contribution in [3.63, 3.8) is 0 Å². The maximum atomic E-state index is 13.2. The Morgan fingerprint density at radius 2 is 1.76 bits per heavy atom. The van der Waals surface area contributed by atoms with Gasteiger partial charge in [0.15, 0.2) is 0 Å². The number of benzene rings is 2. The summed E-state index contributed by atoms with van der Waals surface area (Å²) >= 11 is 0. The van der Waals surface area contributed by atoms with E-state index in [2.05, 4.69) is 20.3 Å². The number of anilines is 2. The summed E-state index contributed by atoms with van der Waals surface area (Å²) in [7, 11) is -3.83. The van der Waals surface area contributed by atoms with Gasteiger partial charge >= 0.3 is 0 Å². The molecule has 9 heteroatoms. The highest BCUT2D eigenvalue weighted by molar-refractivity contribution is 7.92. The molecular weight excluding hydrogens is 450 g/mol. The van der Waals surface area contributed by atoms with Gasteiger partial charge in [-0.2, -0.15) is 0 Å². The van der Waals surface area contributed by atoms with Crippen LogP contribution in [0.25, 0.3) is 0 Å². The Bertz CT molecular complexity index is 1270. The van der Waals surface area contributed by atoms with E-state index in [4.69, 9.17) is 0 Å². The number of nitrogens with zero attached hydrogens (tertiary/aromatic N) is 2. The third kappa shape index (κ3) is 5.55. The summed E-state index contributed by atoms with van der Waals surface area (Å²) in [6, 6.07) is 16.2. The first-order valence-electron chi connectivity index (χ1n) is 11.2. The van der Waals surface area contributed by atoms with E-state index in [-0.39, 0.29) is 16.5 Å². The zero-order chi connectivity index (χ0) is 24.1. The van der Waals surface area contributed by atoms with Crippen LogP contribution in [0.5, 0.6) is 0 Å². The van der Waals surface area contributed by atoms with E-state index < -0.39 is 10.0 Å². The molecule has 0 radical (unpaired) electrons. The molecule has 0 spiro atoms. The number of hydrogen-bond donors (Lipinski definition) is 3. The summed E-state index contributed by atoms with van der Waals surface area (Å²) in [5.74, 6) is 0.235. The van der Waals surface area contributed by atoms with Crippen LogP contribution in [-0.2, 0) is 16.6 Å². The molecule has 1 aromatic heterocycles. The molecule has 0 bridgehead atoms. The summed E-state index contributed by atoms with van der Waals surface area (Å²) in [4.78, 5) is 19.9. The zero-order valence-corrected chi connectivity index (χ0v) is 20.2. The maximum Gasteiger partial charge on any atom is 0.261 e. The molecule has 0 unspecified atom stereocenters. The van der Waals surface area contributed by atoms with Crippen molar-refractivity contribution in [2.75, 3.05) is 35.8 Å². The van der Waals surface area contributed by atoms with Gasteiger partial charge in [-0.25, -0.2) is 13.4 Å². The van der Waals surface area contributed by atoms with Gasteiger partial charge in [-0.3, -0.25) is 9.52 Å². The normalized spacial score (nSPS) is 14.0. The van der Waals surface area contributed by atoms with Crippen molar-refractivity contribution in [1.29, 1.82) is 0 Å². The number of aromatic nitrogens is 1. The van der Waals surface area contributed by atoms with E-state index in [0.29, 0.717) is 31.0 Å². The van der Waals surface area contributed by atoms with E-state index >= 15 is 0 Å². The molecule has 2 heterocycles. The van der Waals surface area contributed by atoms with Crippen LogP contribution in [0.1, 0.15) is 27.0 Å². The number of pyridine rings is 1. The lowest BCUT2D eigenvalue weighted by Gasteiger charge is -2.30. The van der Waals surface area contributed by atoms with Gasteiger partial charge in [0.2, 0.25) is 0 Å². The summed E-state index contributed by atoms with van der Waals surface area (Å²) in [6.45, 7) is 7.14. The van der Waals surface area contributed by atoms with Gasteiger partial charge in [0, 0.05) is 32.7 Å². The zero-order valence-electron chi connectivity index (χ0n) is 19.3. The van der Waals surface area contributed by atoms with Gasteiger partial charge in [-0.05, 0) is 48.7 Å². The second-order valence-corrected chi connectivity index (χ2v) is 10.0. The largest absolute Gasteiger partial charge is 0.353 e. The van der Waals surface area contributed by atoms with Crippen LogP contribution in [0, 0.1) is 13.8 Å². The number of rotatable bonds is 7. The average molecular weight is 480 g/mol. The summed E-state index contributed by atoms with van der Waals surface area (Å²) < 4.78 is 28.6. The molecule has 34 heavy (non-hydrogen) atoms. The summed E-state index contributed by atoms with van der Waals surface area (Å²) in [6.07, 6.45) is 1.46. The molecule has 178 valence electrons. The number of piperazine rings is 1. The molecule has 2 aromatic carbocycles. The van der Waals surface area contributed by atoms with E-state index in [9.17, 15) is 13.2 Å². The third-order valence-electron chi connectivity index (χ3n) is 5.86. The Morgan fingerprint density at radius 3 is 2.47 bits per heavy atom. The van der Waals surface area contributed by atoms with E-state index in [1.807, 2.05) is 49.1 Å². The summed E-state index contributed by atoms with van der Waals surface area (Å²) in [5, 5.41) is 6.22. The Hall–Kier alpha value is -3.43. The first kappa shape index (κ1) is 23.7. The minimum atomic E-state index is -3.83. The second kappa shape index (κ2) is 10.2. The first-order valence-corrected chi connectivity index (χ1v) is 12.7. The highest BCUT2D eigenvalue weighted by Gasteiger charge is 2.22. The van der Waals surface area contributed by atoms with Gasteiger partial charge < -0.3 is 15.5 Å². The predicted octanol–water partition coefficient (Wildman–Crippen LogP) is 2.84. The molecule has 1 aliphatic rings. The first-order chi connectivity index (χ1) is 16.3. The van der Waals surface area contributed by atoms with Crippen LogP contribution in [0.3, 0.4) is 0 Å². The molecule has 3 N–H and O–H groups in total. The molecule has 1 amide bonds. The minimum Gasteiger partial charge on any atom is -0.353 e. The van der Waals surface area contributed by atoms with Crippen LogP contribution in [0.4, 0.5) is 11.5 Å². The molecule has 1 saturated heterocycles. The predicted molar refractivity (Wildman–Crippen MR) is 134 cm³/mol. The standard InChI is InChI=1S/C25H29N5O3S/c1-18-8-9-22(14-19(18)2)34(32,33)29-21-15-23(24(27-17-21)30-12-10-26-11-13-30)25(31)28-16-20-6-4-3-5-7-20/h3-9,14-15,17,26,29H,10-13,16H2,1-2H3,(H,28,31). The van der Waals surface area contributed by atoms with Crippen LogP contribution < -0.4 is 20.3 Å². The topological polar surface area (TPSA) is 103 Å². The molecule has 0 saturated carbocycles. The number of aryl methyl sites for hydroxylation is 2. The Balaban J connectivity index is 1.62. The van der Waals surface area contributed by atoms with Gasteiger partial charge in [-0.15, -0.1) is 0 Å². The van der Waals surface area contributed by atoms with Crippen molar-refractivity contribution in [2.45, 2.75) is 25.3 Å². The SMILES string of the molecule is Cc1ccc(S(=O)(=O)Nc2cnc(N3CCNCC3)c(C(=O)NCc3ccccc3)c2)cc1C. The molecule has 4 rings (SSSR count). The maximum absolute atomic E-state index is 13.2. The van der Waals surface area contributed by atoms with Crippen LogP contribution in [-0.4, -0.2) is 45.5 Å². The molecule has 3 aromatic rings. The number of nitrogens with one attached hydrogen (secondary N) is 3. The fourth-order valence-electron chi connectivity index (χ4n) is 3.78. The van der Waals surface area contributed by atoms with Crippen molar-refractivity contribution in [3.05, 3.63) is 83.0 Å². The highest BCUT2D eigenvalue weighted by Crippen LogP contribution is 2.24. The van der Waals surface area contributed by atoms with Gasteiger partial charge in [0.05, 0.1) is 22.3 Å². The van der Waals surface area contributed by atoms with Crippen LogP contribution in [0.15, 0.2) is 65.7 Å². The molecule has 8 nitrogen and oxygen atoms in total. The monoisotopic (exact) mass is 479 g/mol. The Kier molecular flexibility index (Phi) is 7.14. The molecule has 1 aliphatic heterocycles. The molecule has 0 atom stereocenters. The van der Waals surface area contributed by atoms with Gasteiger partial charge in [-0.1, -0.05) is 36.4 Å². The number of carbonyl (C=O) groups excluding carboxylic acids is 1. The van der Waals surface area contributed by atoms with Gasteiger partial charge in [0.25, 0.3) is 15.9 Å². The quantitative estimate of drug-likeness (QED) is 0.482. The molecular formula is C25H29N5O3S. The molecule has 1 fully saturated rings. The van der Waals surface area contributed by atoms with Crippen molar-refractivity contribution in [2.24, 2.45) is 0 Å². The smallest absolute Gasteiger partial charge is 0.261 e. The number of sulfonamides is 1. The average Bonchev–Trinajstić information content (AvgIpc) is 2.85. The number of carbonyl (C=O) groups is 1. The molecule has 0 aliphatic carbocycles. The van der Waals surface area contributed by atoms with E-state index in [0.717, 1.165) is 29.8 Å². The number of amides is 1.